The molecule has 0 unspecified atom stereocenters. The van der Waals surface area contributed by atoms with Gasteiger partial charge in [0.2, 0.25) is 0 Å². The Hall–Kier alpha value is -1.15. The minimum Gasteiger partial charge on any atom is -0.493 e. The molecule has 0 bridgehead atoms. The highest BCUT2D eigenvalue weighted by molar-refractivity contribution is 7.97. The number of hydrogen-bond donors (Lipinski definition) is 0. The number of benzene rings is 2. The van der Waals surface area contributed by atoms with Gasteiger partial charge < -0.3 is 4.74 Å². The molecule has 1 saturated heterocycles. The van der Waals surface area contributed by atoms with Crippen LogP contribution < -0.4 is 4.74 Å². The molecule has 2 fully saturated rings. The second kappa shape index (κ2) is 7.17. The van der Waals surface area contributed by atoms with E-state index in [1.54, 1.807) is 4.90 Å². The van der Waals surface area contributed by atoms with Gasteiger partial charge in [0.25, 0.3) is 0 Å². The molecule has 1 aliphatic carbocycles. The number of ether oxygens (including phenoxy) is 1. The average molecular weight is 328 g/mol. The van der Waals surface area contributed by atoms with Crippen LogP contribution in [0.5, 0.6) is 5.75 Å². The molecule has 1 nitrogen and oxygen atoms in total. The summed E-state index contributed by atoms with van der Waals surface area (Å²) in [6, 6.07) is 13.5. The van der Waals surface area contributed by atoms with Gasteiger partial charge in [0, 0.05) is 21.7 Å². The Labute approximate surface area is 142 Å². The molecule has 1 aliphatic heterocycles. The molecule has 2 aromatic rings. The van der Waals surface area contributed by atoms with E-state index in [1.807, 2.05) is 0 Å². The Kier molecular flexibility index (Phi) is 4.80. The molecule has 0 spiro atoms. The third-order valence-electron chi connectivity index (χ3n) is 5.39. The summed E-state index contributed by atoms with van der Waals surface area (Å²) in [6.07, 6.45) is 9.68. The van der Waals surface area contributed by atoms with Crippen LogP contribution in [0.15, 0.2) is 41.3 Å². The van der Waals surface area contributed by atoms with Crippen LogP contribution >= 0.6 is 0 Å². The Morgan fingerprint density at radius 2 is 1.57 bits per heavy atom. The molecule has 0 aromatic heterocycles. The molecule has 4 rings (SSSR count). The minimum absolute atomic E-state index is 0.463. The lowest BCUT2D eigenvalue weighted by Gasteiger charge is -2.22. The minimum atomic E-state index is 0.463. The Morgan fingerprint density at radius 3 is 2.35 bits per heavy atom. The van der Waals surface area contributed by atoms with Crippen LogP contribution in [0.1, 0.15) is 44.9 Å². The second-order valence-corrected chi connectivity index (χ2v) is 9.27. The van der Waals surface area contributed by atoms with Gasteiger partial charge in [-0.15, -0.1) is 0 Å². The first-order chi connectivity index (χ1) is 11.4. The van der Waals surface area contributed by atoms with Crippen molar-refractivity contribution in [3.05, 3.63) is 36.4 Å². The molecule has 0 atom stereocenters. The number of fused-ring (bicyclic) bond motifs is 1. The predicted molar refractivity (Wildman–Crippen MR) is 101 cm³/mol. The van der Waals surface area contributed by atoms with Gasteiger partial charge in [-0.2, -0.15) is 0 Å². The third kappa shape index (κ3) is 3.38. The van der Waals surface area contributed by atoms with Crippen molar-refractivity contribution in [2.45, 2.75) is 49.8 Å². The van der Waals surface area contributed by atoms with Crippen LogP contribution in [0.2, 0.25) is 0 Å². The first kappa shape index (κ1) is 15.4. The summed E-state index contributed by atoms with van der Waals surface area (Å²) in [5.41, 5.74) is 0. The maximum absolute atomic E-state index is 6.28. The number of hydrogen-bond acceptors (Lipinski definition) is 1. The van der Waals surface area contributed by atoms with Crippen LogP contribution in [-0.4, -0.2) is 18.1 Å². The van der Waals surface area contributed by atoms with Gasteiger partial charge in [-0.05, 0) is 49.8 Å². The molecular weight excluding hydrogens is 300 g/mol. The molecule has 2 heteroatoms. The van der Waals surface area contributed by atoms with Crippen molar-refractivity contribution in [3.63, 3.8) is 0 Å². The fourth-order valence-electron chi connectivity index (χ4n) is 4.06. The van der Waals surface area contributed by atoms with Gasteiger partial charge in [-0.25, -0.2) is 0 Å². The van der Waals surface area contributed by atoms with E-state index >= 15 is 0 Å². The van der Waals surface area contributed by atoms with Crippen LogP contribution in [0, 0.1) is 5.92 Å². The van der Waals surface area contributed by atoms with Gasteiger partial charge in [-0.3, -0.25) is 0 Å². The first-order valence-electron chi connectivity index (χ1n) is 9.24. The lowest BCUT2D eigenvalue weighted by molar-refractivity contribution is 0.210. The zero-order chi connectivity index (χ0) is 15.5. The summed E-state index contributed by atoms with van der Waals surface area (Å²) in [5.74, 6) is 4.62. The van der Waals surface area contributed by atoms with Gasteiger partial charge in [0.05, 0.1) is 6.61 Å². The highest BCUT2D eigenvalue weighted by Crippen LogP contribution is 2.35. The summed E-state index contributed by atoms with van der Waals surface area (Å²) in [4.78, 5) is 1.57. The van der Waals surface area contributed by atoms with Crippen LogP contribution in [-0.2, 0) is 10.9 Å². The zero-order valence-corrected chi connectivity index (χ0v) is 14.7. The van der Waals surface area contributed by atoms with Crippen molar-refractivity contribution in [3.8, 4) is 5.75 Å². The van der Waals surface area contributed by atoms with E-state index in [-0.39, 0.29) is 0 Å². The fraction of sp³-hybridized carbons (Fsp3) is 0.524. The molecule has 122 valence electrons. The highest BCUT2D eigenvalue weighted by Gasteiger charge is 2.29. The monoisotopic (exact) mass is 327 g/mol. The largest absolute Gasteiger partial charge is 0.493 e. The van der Waals surface area contributed by atoms with E-state index in [4.69, 9.17) is 4.74 Å². The average Bonchev–Trinajstić information content (AvgIpc) is 3.15. The quantitative estimate of drug-likeness (QED) is 0.667. The molecule has 0 amide bonds. The van der Waals surface area contributed by atoms with Gasteiger partial charge >= 0.3 is 0 Å². The summed E-state index contributed by atoms with van der Waals surface area (Å²) in [6.45, 7) is 0.898. The van der Waals surface area contributed by atoms with E-state index in [0.717, 1.165) is 18.3 Å². The van der Waals surface area contributed by atoms with Gasteiger partial charge in [0.1, 0.15) is 17.3 Å². The SMILES string of the molecule is c1ccc2c([S+]3CCCC3)ccc(OCC3CCCCC3)c2c1. The van der Waals surface area contributed by atoms with Crippen LogP contribution in [0.4, 0.5) is 0 Å². The van der Waals surface area contributed by atoms with Gasteiger partial charge in [-0.1, -0.05) is 37.5 Å². The molecular formula is C21H27OS+. The summed E-state index contributed by atoms with van der Waals surface area (Å²) in [7, 11) is 0.463. The standard InChI is InChI=1S/C21H27OS/c1-2-8-17(9-3-1)16-22-20-12-13-21(23-14-6-7-15-23)19-11-5-4-10-18(19)20/h4-5,10-13,17H,1-3,6-9,14-16H2/q+1. The maximum atomic E-state index is 6.28. The highest BCUT2D eigenvalue weighted by atomic mass is 32.2. The molecule has 1 saturated carbocycles. The molecule has 0 N–H and O–H groups in total. The Bertz CT molecular complexity index is 654. The summed E-state index contributed by atoms with van der Waals surface area (Å²) in [5, 5.41) is 2.75. The molecule has 2 aliphatic rings. The van der Waals surface area contributed by atoms with Crippen molar-refractivity contribution >= 4 is 21.7 Å². The van der Waals surface area contributed by atoms with E-state index in [1.165, 1.54) is 67.2 Å². The second-order valence-electron chi connectivity index (χ2n) is 7.03. The van der Waals surface area contributed by atoms with Crippen molar-refractivity contribution < 1.29 is 4.74 Å². The Morgan fingerprint density at radius 1 is 0.826 bits per heavy atom. The normalized spacial score (nSPS) is 20.2. The summed E-state index contributed by atoms with van der Waals surface area (Å²) >= 11 is 0. The van der Waals surface area contributed by atoms with E-state index in [9.17, 15) is 0 Å². The van der Waals surface area contributed by atoms with E-state index < -0.39 is 0 Å². The van der Waals surface area contributed by atoms with E-state index in [0.29, 0.717) is 10.9 Å². The molecule has 1 heterocycles. The smallest absolute Gasteiger partial charge is 0.162 e. The zero-order valence-electron chi connectivity index (χ0n) is 13.9. The molecule has 23 heavy (non-hydrogen) atoms. The lowest BCUT2D eigenvalue weighted by atomic mass is 9.90. The maximum Gasteiger partial charge on any atom is 0.162 e. The molecule has 2 aromatic carbocycles. The van der Waals surface area contributed by atoms with Gasteiger partial charge in [0.15, 0.2) is 4.90 Å². The van der Waals surface area contributed by atoms with Crippen LogP contribution in [0.25, 0.3) is 10.8 Å². The molecule has 0 radical (unpaired) electrons. The van der Waals surface area contributed by atoms with E-state index in [2.05, 4.69) is 36.4 Å². The topological polar surface area (TPSA) is 9.23 Å². The lowest BCUT2D eigenvalue weighted by Crippen LogP contribution is -2.15. The van der Waals surface area contributed by atoms with Crippen LogP contribution in [0.3, 0.4) is 0 Å². The van der Waals surface area contributed by atoms with Crippen molar-refractivity contribution in [2.75, 3.05) is 18.1 Å². The Balaban J connectivity index is 1.58. The van der Waals surface area contributed by atoms with Crippen molar-refractivity contribution in [2.24, 2.45) is 5.92 Å². The summed E-state index contributed by atoms with van der Waals surface area (Å²) < 4.78 is 6.28. The fourth-order valence-corrected chi connectivity index (χ4v) is 6.56. The predicted octanol–water partition coefficient (Wildman–Crippen LogP) is 5.57. The van der Waals surface area contributed by atoms with Crippen molar-refractivity contribution in [1.82, 2.24) is 0 Å². The third-order valence-corrected chi connectivity index (χ3v) is 7.93. The number of rotatable bonds is 4. The first-order valence-corrected chi connectivity index (χ1v) is 10.8. The van der Waals surface area contributed by atoms with Crippen molar-refractivity contribution in [1.29, 1.82) is 0 Å².